The second kappa shape index (κ2) is 6.69. The van der Waals surface area contributed by atoms with Gasteiger partial charge in [-0.25, -0.2) is 4.39 Å². The van der Waals surface area contributed by atoms with Gasteiger partial charge < -0.3 is 21.1 Å². The van der Waals surface area contributed by atoms with Gasteiger partial charge in [0.2, 0.25) is 5.91 Å². The smallest absolute Gasteiger partial charge is 0.305 e. The van der Waals surface area contributed by atoms with Crippen LogP contribution in [0.15, 0.2) is 18.2 Å². The molecule has 0 unspecified atom stereocenters. The van der Waals surface area contributed by atoms with Gasteiger partial charge in [-0.1, -0.05) is 0 Å². The van der Waals surface area contributed by atoms with Gasteiger partial charge in [0.1, 0.15) is 5.82 Å². The number of nitrogens with two attached hydrogens (primary N) is 1. The summed E-state index contributed by atoms with van der Waals surface area (Å²) in [6, 6.07) is 4.24. The van der Waals surface area contributed by atoms with Crippen molar-refractivity contribution in [1.29, 1.82) is 0 Å². The highest BCUT2D eigenvalue weighted by atomic mass is 19.1. The molecule has 0 radical (unpaired) electrons. The van der Waals surface area contributed by atoms with E-state index >= 15 is 0 Å². The first kappa shape index (κ1) is 14.9. The number of anilines is 2. The highest BCUT2D eigenvalue weighted by molar-refractivity contribution is 5.92. The van der Waals surface area contributed by atoms with Crippen LogP contribution in [0.5, 0.6) is 0 Å². The van der Waals surface area contributed by atoms with Crippen LogP contribution in [0.25, 0.3) is 0 Å². The number of aliphatic carboxylic acids is 1. The minimum atomic E-state index is -0.917. The Morgan fingerprint density at radius 3 is 2.68 bits per heavy atom. The summed E-state index contributed by atoms with van der Waals surface area (Å²) in [6.07, 6.45) is -0.0379. The average Bonchev–Trinajstić information content (AvgIpc) is 2.37. The average molecular weight is 269 g/mol. The number of carbonyl (C=O) groups is 2. The molecule has 0 spiro atoms. The van der Waals surface area contributed by atoms with Gasteiger partial charge in [-0.3, -0.25) is 9.59 Å². The van der Waals surface area contributed by atoms with Crippen LogP contribution in [-0.2, 0) is 9.59 Å². The molecule has 0 aliphatic rings. The van der Waals surface area contributed by atoms with Crippen molar-refractivity contribution in [3.8, 4) is 0 Å². The SMILES string of the molecule is CN(CCC(=O)O)c1ccc(NC(=O)CN)c(F)c1. The number of hydrogen-bond donors (Lipinski definition) is 3. The largest absolute Gasteiger partial charge is 0.481 e. The molecule has 6 nitrogen and oxygen atoms in total. The summed E-state index contributed by atoms with van der Waals surface area (Å²) in [6.45, 7) is 0.0446. The summed E-state index contributed by atoms with van der Waals surface area (Å²) in [5.41, 5.74) is 5.70. The number of nitrogens with one attached hydrogen (secondary N) is 1. The molecular formula is C12H16FN3O3. The third-order valence-electron chi connectivity index (χ3n) is 2.51. The Balaban J connectivity index is 2.75. The number of benzene rings is 1. The van der Waals surface area contributed by atoms with Gasteiger partial charge >= 0.3 is 5.97 Å². The summed E-state index contributed by atoms with van der Waals surface area (Å²) in [5.74, 6) is -1.99. The number of carboxylic acids is 1. The van der Waals surface area contributed by atoms with Crippen molar-refractivity contribution in [3.63, 3.8) is 0 Å². The summed E-state index contributed by atoms with van der Waals surface area (Å²) in [7, 11) is 1.66. The first-order chi connectivity index (χ1) is 8.93. The fourth-order valence-electron chi connectivity index (χ4n) is 1.44. The van der Waals surface area contributed by atoms with Crippen LogP contribution in [0.1, 0.15) is 6.42 Å². The first-order valence-electron chi connectivity index (χ1n) is 5.66. The Hall–Kier alpha value is -2.15. The summed E-state index contributed by atoms with van der Waals surface area (Å²) >= 11 is 0. The van der Waals surface area contributed by atoms with Crippen LogP contribution in [0.3, 0.4) is 0 Å². The van der Waals surface area contributed by atoms with E-state index < -0.39 is 17.7 Å². The maximum Gasteiger partial charge on any atom is 0.305 e. The van der Waals surface area contributed by atoms with Crippen LogP contribution in [0.2, 0.25) is 0 Å². The Morgan fingerprint density at radius 1 is 1.47 bits per heavy atom. The van der Waals surface area contributed by atoms with E-state index in [0.717, 1.165) is 0 Å². The minimum absolute atomic E-state index is 0.0379. The molecule has 0 saturated heterocycles. The topological polar surface area (TPSA) is 95.7 Å². The van der Waals surface area contributed by atoms with E-state index in [9.17, 15) is 14.0 Å². The van der Waals surface area contributed by atoms with Gasteiger partial charge in [0, 0.05) is 19.3 Å². The molecule has 1 aromatic carbocycles. The highest BCUT2D eigenvalue weighted by Gasteiger charge is 2.09. The second-order valence-corrected chi connectivity index (χ2v) is 3.98. The molecular weight excluding hydrogens is 253 g/mol. The van der Waals surface area contributed by atoms with Crippen molar-refractivity contribution in [2.45, 2.75) is 6.42 Å². The fourth-order valence-corrected chi connectivity index (χ4v) is 1.44. The Bertz CT molecular complexity index is 479. The summed E-state index contributed by atoms with van der Waals surface area (Å²) < 4.78 is 13.7. The number of amides is 1. The lowest BCUT2D eigenvalue weighted by Gasteiger charge is -2.19. The van der Waals surface area contributed by atoms with Crippen LogP contribution in [0, 0.1) is 5.82 Å². The number of hydrogen-bond acceptors (Lipinski definition) is 4. The predicted molar refractivity (Wildman–Crippen MR) is 69.6 cm³/mol. The van der Waals surface area contributed by atoms with Crippen molar-refractivity contribution in [2.24, 2.45) is 5.73 Å². The first-order valence-corrected chi connectivity index (χ1v) is 5.66. The van der Waals surface area contributed by atoms with E-state index in [1.165, 1.54) is 12.1 Å². The maximum atomic E-state index is 13.7. The van der Waals surface area contributed by atoms with Crippen LogP contribution >= 0.6 is 0 Å². The van der Waals surface area contributed by atoms with E-state index in [1.54, 1.807) is 18.0 Å². The van der Waals surface area contributed by atoms with Crippen LogP contribution in [-0.4, -0.2) is 37.1 Å². The zero-order valence-corrected chi connectivity index (χ0v) is 10.5. The standard InChI is InChI=1S/C12H16FN3O3/c1-16(5-4-12(18)19)8-2-3-10(9(13)6-8)15-11(17)7-14/h2-3,6H,4-5,7,14H2,1H3,(H,15,17)(H,18,19). The minimum Gasteiger partial charge on any atom is -0.481 e. The van der Waals surface area contributed by atoms with Crippen molar-refractivity contribution in [1.82, 2.24) is 0 Å². The van der Waals surface area contributed by atoms with Gasteiger partial charge in [-0.05, 0) is 18.2 Å². The summed E-state index contributed by atoms with van der Waals surface area (Å²) in [5, 5.41) is 10.9. The lowest BCUT2D eigenvalue weighted by atomic mass is 10.2. The maximum absolute atomic E-state index is 13.7. The quantitative estimate of drug-likeness (QED) is 0.704. The zero-order chi connectivity index (χ0) is 14.4. The normalized spacial score (nSPS) is 10.1. The highest BCUT2D eigenvalue weighted by Crippen LogP contribution is 2.21. The lowest BCUT2D eigenvalue weighted by Crippen LogP contribution is -2.23. The molecule has 0 fully saturated rings. The molecule has 1 amide bonds. The number of halogens is 1. The van der Waals surface area contributed by atoms with E-state index in [2.05, 4.69) is 5.32 Å². The molecule has 0 heterocycles. The molecule has 19 heavy (non-hydrogen) atoms. The van der Waals surface area contributed by atoms with Crippen LogP contribution in [0.4, 0.5) is 15.8 Å². The number of carbonyl (C=O) groups excluding carboxylic acids is 1. The van der Waals surface area contributed by atoms with Gasteiger partial charge in [0.15, 0.2) is 0 Å². The molecule has 0 bridgehead atoms. The molecule has 1 rings (SSSR count). The van der Waals surface area contributed by atoms with Gasteiger partial charge in [-0.2, -0.15) is 0 Å². The second-order valence-electron chi connectivity index (χ2n) is 3.98. The molecule has 0 saturated carbocycles. The predicted octanol–water partition coefficient (Wildman–Crippen LogP) is 0.634. The van der Waals surface area contributed by atoms with Crippen LogP contribution < -0.4 is 16.0 Å². The van der Waals surface area contributed by atoms with E-state index in [-0.39, 0.29) is 25.2 Å². The Labute approximate surface area is 110 Å². The Kier molecular flexibility index (Phi) is 5.25. The number of rotatable bonds is 6. The van der Waals surface area contributed by atoms with Gasteiger partial charge in [0.25, 0.3) is 0 Å². The zero-order valence-electron chi connectivity index (χ0n) is 10.5. The van der Waals surface area contributed by atoms with Crippen molar-refractivity contribution >= 4 is 23.3 Å². The summed E-state index contributed by atoms with van der Waals surface area (Å²) in [4.78, 5) is 23.1. The van der Waals surface area contributed by atoms with E-state index in [1.807, 2.05) is 0 Å². The number of nitrogens with zero attached hydrogens (tertiary/aromatic N) is 1. The molecule has 0 aliphatic carbocycles. The molecule has 7 heteroatoms. The van der Waals surface area contributed by atoms with E-state index in [4.69, 9.17) is 10.8 Å². The van der Waals surface area contributed by atoms with Crippen molar-refractivity contribution < 1.29 is 19.1 Å². The fraction of sp³-hybridized carbons (Fsp3) is 0.333. The number of carboxylic acid groups (broad SMARTS) is 1. The molecule has 0 aliphatic heterocycles. The van der Waals surface area contributed by atoms with Gasteiger partial charge in [0.05, 0.1) is 18.7 Å². The van der Waals surface area contributed by atoms with E-state index in [0.29, 0.717) is 5.69 Å². The Morgan fingerprint density at radius 2 is 2.16 bits per heavy atom. The lowest BCUT2D eigenvalue weighted by molar-refractivity contribution is -0.136. The van der Waals surface area contributed by atoms with Gasteiger partial charge in [-0.15, -0.1) is 0 Å². The molecule has 1 aromatic rings. The third kappa shape index (κ3) is 4.55. The molecule has 104 valence electrons. The van der Waals surface area contributed by atoms with Crippen molar-refractivity contribution in [3.05, 3.63) is 24.0 Å². The molecule has 0 aromatic heterocycles. The molecule has 4 N–H and O–H groups in total. The monoisotopic (exact) mass is 269 g/mol. The molecule has 0 atom stereocenters. The third-order valence-corrected chi connectivity index (χ3v) is 2.51. The van der Waals surface area contributed by atoms with Crippen molar-refractivity contribution in [2.75, 3.05) is 30.4 Å².